The van der Waals surface area contributed by atoms with Crippen LogP contribution in [-0.2, 0) is 0 Å². The number of nitrogens with one attached hydrogen (secondary N) is 1. The van der Waals surface area contributed by atoms with E-state index in [9.17, 15) is 9.59 Å². The molecule has 0 aliphatic rings. The Morgan fingerprint density at radius 1 is 1.60 bits per heavy atom. The van der Waals surface area contributed by atoms with Gasteiger partial charge < -0.3 is 10.9 Å². The number of nitrogens with zero attached hydrogens (tertiary/aromatic N) is 1. The van der Waals surface area contributed by atoms with E-state index in [4.69, 9.17) is 10.9 Å². The second-order valence-electron chi connectivity index (χ2n) is 1.67. The Balaban J connectivity index is 3.62. The van der Waals surface area contributed by atoms with Gasteiger partial charge in [-0.25, -0.2) is 4.79 Å². The Morgan fingerprint density at radius 3 is 2.70 bits per heavy atom. The van der Waals surface area contributed by atoms with Crippen LogP contribution in [0.15, 0.2) is 15.7 Å². The number of hydrogen-bond donors (Lipinski definition) is 3. The van der Waals surface area contributed by atoms with Crippen LogP contribution in [0.3, 0.4) is 0 Å². The second kappa shape index (κ2) is 1.90. The highest BCUT2D eigenvalue weighted by Crippen LogP contribution is 1.91. The second-order valence-corrected chi connectivity index (χ2v) is 1.67. The topological polar surface area (TPSA) is 101 Å². The maximum atomic E-state index is 10.5. The fourth-order valence-corrected chi connectivity index (χ4v) is 0.493. The number of aromatic hydroxyl groups is 1. The average Bonchev–Trinajstić information content (AvgIpc) is 1.82. The van der Waals surface area contributed by atoms with Crippen LogP contribution in [0, 0.1) is 0 Å². The van der Waals surface area contributed by atoms with Crippen molar-refractivity contribution in [1.82, 2.24) is 9.66 Å². The predicted molar refractivity (Wildman–Crippen MR) is 33.1 cm³/mol. The molecule has 1 aromatic rings. The van der Waals surface area contributed by atoms with Crippen LogP contribution < -0.4 is 17.1 Å². The van der Waals surface area contributed by atoms with Gasteiger partial charge in [0.25, 0.3) is 5.56 Å². The number of aromatic nitrogens is 2. The lowest BCUT2D eigenvalue weighted by Gasteiger charge is -1.96. The van der Waals surface area contributed by atoms with Crippen LogP contribution in [-0.4, -0.2) is 14.8 Å². The molecule has 0 aliphatic heterocycles. The van der Waals surface area contributed by atoms with Crippen molar-refractivity contribution in [2.45, 2.75) is 0 Å². The molecule has 0 amide bonds. The number of rotatable bonds is 0. The van der Waals surface area contributed by atoms with E-state index >= 15 is 0 Å². The van der Waals surface area contributed by atoms with E-state index in [1.54, 1.807) is 0 Å². The summed E-state index contributed by atoms with van der Waals surface area (Å²) in [5.74, 6) is 4.37. The normalized spacial score (nSPS) is 9.60. The van der Waals surface area contributed by atoms with E-state index in [1.165, 1.54) is 0 Å². The highest BCUT2D eigenvalue weighted by Gasteiger charge is 1.97. The molecule has 0 radical (unpaired) electrons. The molecule has 54 valence electrons. The molecule has 0 unspecified atom stereocenters. The summed E-state index contributed by atoms with van der Waals surface area (Å²) < 4.78 is 0.432. The zero-order chi connectivity index (χ0) is 7.72. The van der Waals surface area contributed by atoms with Gasteiger partial charge in [0.2, 0.25) is 5.88 Å². The molecule has 0 spiro atoms. The lowest BCUT2D eigenvalue weighted by molar-refractivity contribution is 0.425. The molecule has 4 N–H and O–H groups in total. The molecule has 1 heterocycles. The average molecular weight is 143 g/mol. The lowest BCUT2D eigenvalue weighted by atomic mass is 10.6. The Labute approximate surface area is 54.5 Å². The minimum absolute atomic E-state index is 0.432. The molecule has 0 atom stereocenters. The lowest BCUT2D eigenvalue weighted by Crippen LogP contribution is -2.33. The van der Waals surface area contributed by atoms with Crippen LogP contribution in [0.25, 0.3) is 0 Å². The summed E-state index contributed by atoms with van der Waals surface area (Å²) in [6.07, 6.45) is 0. The summed E-state index contributed by atoms with van der Waals surface area (Å²) in [6, 6.07) is 0.807. The van der Waals surface area contributed by atoms with Crippen molar-refractivity contribution >= 4 is 0 Å². The zero-order valence-electron chi connectivity index (χ0n) is 4.87. The third-order valence-corrected chi connectivity index (χ3v) is 0.956. The van der Waals surface area contributed by atoms with Crippen molar-refractivity contribution in [3.63, 3.8) is 0 Å². The van der Waals surface area contributed by atoms with Gasteiger partial charge >= 0.3 is 5.69 Å². The van der Waals surface area contributed by atoms with E-state index in [0.29, 0.717) is 4.68 Å². The van der Waals surface area contributed by atoms with Gasteiger partial charge in [-0.05, 0) is 0 Å². The number of aromatic amines is 1. The van der Waals surface area contributed by atoms with E-state index in [0.717, 1.165) is 6.07 Å². The Hall–Kier alpha value is -1.72. The molecule has 0 aliphatic carbocycles. The molecule has 0 saturated heterocycles. The number of hydrogen-bond acceptors (Lipinski definition) is 4. The molecule has 6 heteroatoms. The van der Waals surface area contributed by atoms with Gasteiger partial charge in [0.05, 0.1) is 6.07 Å². The van der Waals surface area contributed by atoms with Crippen molar-refractivity contribution in [1.29, 1.82) is 0 Å². The molecule has 1 aromatic heterocycles. The zero-order valence-corrected chi connectivity index (χ0v) is 4.87. The quantitative estimate of drug-likeness (QED) is 0.364. The van der Waals surface area contributed by atoms with Crippen LogP contribution in [0.4, 0.5) is 0 Å². The van der Waals surface area contributed by atoms with Crippen molar-refractivity contribution < 1.29 is 5.11 Å². The summed E-state index contributed by atoms with van der Waals surface area (Å²) in [5.41, 5.74) is -1.52. The highest BCUT2D eigenvalue weighted by molar-refractivity contribution is 5.05. The molecular weight excluding hydrogens is 138 g/mol. The van der Waals surface area contributed by atoms with Crippen molar-refractivity contribution in [3.05, 3.63) is 26.9 Å². The van der Waals surface area contributed by atoms with Gasteiger partial charge in [0, 0.05) is 0 Å². The van der Waals surface area contributed by atoms with Crippen molar-refractivity contribution in [2.24, 2.45) is 0 Å². The first kappa shape index (κ1) is 6.40. The molecule has 0 fully saturated rings. The minimum Gasteiger partial charge on any atom is -0.493 e. The number of H-pyrrole nitrogens is 1. The van der Waals surface area contributed by atoms with Gasteiger partial charge in [-0.1, -0.05) is 0 Å². The van der Waals surface area contributed by atoms with Gasteiger partial charge in [-0.3, -0.25) is 9.78 Å². The van der Waals surface area contributed by atoms with Gasteiger partial charge in [-0.2, -0.15) is 4.68 Å². The smallest absolute Gasteiger partial charge is 0.349 e. The first-order chi connectivity index (χ1) is 4.61. The molecule has 0 saturated carbocycles. The minimum atomic E-state index is -0.843. The summed E-state index contributed by atoms with van der Waals surface area (Å²) in [5, 5.41) is 8.70. The van der Waals surface area contributed by atoms with Crippen molar-refractivity contribution in [3.8, 4) is 5.88 Å². The molecule has 1 rings (SSSR count). The Morgan fingerprint density at radius 2 is 2.20 bits per heavy atom. The fourth-order valence-electron chi connectivity index (χ4n) is 0.493. The Bertz CT molecular complexity index is 350. The number of nitrogen functional groups attached to an aromatic ring is 1. The van der Waals surface area contributed by atoms with E-state index < -0.39 is 17.1 Å². The summed E-state index contributed by atoms with van der Waals surface area (Å²) in [7, 11) is 0. The molecule has 0 bridgehead atoms. The number of nitrogens with two attached hydrogens (primary N) is 1. The fraction of sp³-hybridized carbons (Fsp3) is 0. The summed E-state index contributed by atoms with van der Waals surface area (Å²) in [4.78, 5) is 22.7. The standard InChI is InChI=1S/C4H5N3O3/c5-7-3(9)1-2(8)6-4(7)10/h1,9H,5H2,(H,6,8,10). The monoisotopic (exact) mass is 143 g/mol. The first-order valence-corrected chi connectivity index (χ1v) is 2.41. The Kier molecular flexibility index (Phi) is 1.22. The maximum absolute atomic E-state index is 10.5. The van der Waals surface area contributed by atoms with E-state index in [-0.39, 0.29) is 0 Å². The summed E-state index contributed by atoms with van der Waals surface area (Å²) in [6.45, 7) is 0. The van der Waals surface area contributed by atoms with E-state index in [2.05, 4.69) is 0 Å². The van der Waals surface area contributed by atoms with Crippen LogP contribution in [0.2, 0.25) is 0 Å². The van der Waals surface area contributed by atoms with Gasteiger partial charge in [0.1, 0.15) is 0 Å². The van der Waals surface area contributed by atoms with Gasteiger partial charge in [0.15, 0.2) is 0 Å². The van der Waals surface area contributed by atoms with Crippen LogP contribution >= 0.6 is 0 Å². The third kappa shape index (κ3) is 0.859. The van der Waals surface area contributed by atoms with E-state index in [1.807, 2.05) is 4.98 Å². The van der Waals surface area contributed by atoms with Gasteiger partial charge in [-0.15, -0.1) is 0 Å². The highest BCUT2D eigenvalue weighted by atomic mass is 16.3. The first-order valence-electron chi connectivity index (χ1n) is 2.41. The molecular formula is C4H5N3O3. The predicted octanol–water partition coefficient (Wildman–Crippen LogP) is -2.04. The third-order valence-electron chi connectivity index (χ3n) is 0.956. The molecule has 0 aromatic carbocycles. The SMILES string of the molecule is Nn1c(O)cc(=O)[nH]c1=O. The molecule has 10 heavy (non-hydrogen) atoms. The van der Waals surface area contributed by atoms with Crippen LogP contribution in [0.5, 0.6) is 5.88 Å². The maximum Gasteiger partial charge on any atom is 0.349 e. The van der Waals surface area contributed by atoms with Crippen LogP contribution in [0.1, 0.15) is 0 Å². The largest absolute Gasteiger partial charge is 0.493 e. The summed E-state index contributed by atoms with van der Waals surface area (Å²) >= 11 is 0. The van der Waals surface area contributed by atoms with Crippen molar-refractivity contribution in [2.75, 3.05) is 5.84 Å². The molecule has 6 nitrogen and oxygen atoms in total.